The lowest BCUT2D eigenvalue weighted by Gasteiger charge is -2.34. The van der Waals surface area contributed by atoms with Gasteiger partial charge < -0.3 is 15.0 Å². The van der Waals surface area contributed by atoms with Gasteiger partial charge in [-0.15, -0.1) is 0 Å². The number of allylic oxidation sites excluding steroid dienone is 2. The van der Waals surface area contributed by atoms with E-state index in [9.17, 15) is 14.4 Å². The number of anilines is 1. The number of benzene rings is 2. The molecule has 2 aromatic rings. The van der Waals surface area contributed by atoms with Crippen molar-refractivity contribution < 1.29 is 19.1 Å². The van der Waals surface area contributed by atoms with Crippen LogP contribution in [0.3, 0.4) is 0 Å². The first kappa shape index (κ1) is 18.9. The van der Waals surface area contributed by atoms with Crippen LogP contribution < -0.4 is 5.32 Å². The second-order valence-electron chi connectivity index (χ2n) is 7.14. The normalized spacial score (nSPS) is 16.5. The summed E-state index contributed by atoms with van der Waals surface area (Å²) < 4.78 is 4.86. The van der Waals surface area contributed by atoms with E-state index in [0.29, 0.717) is 28.1 Å². The van der Waals surface area contributed by atoms with E-state index in [1.165, 1.54) is 7.11 Å². The van der Waals surface area contributed by atoms with Crippen LogP contribution in [0.5, 0.6) is 0 Å². The van der Waals surface area contributed by atoms with E-state index >= 15 is 0 Å². The first-order valence-electron chi connectivity index (χ1n) is 9.74. The number of esters is 1. The highest BCUT2D eigenvalue weighted by atomic mass is 16.5. The summed E-state index contributed by atoms with van der Waals surface area (Å²) >= 11 is 0. The van der Waals surface area contributed by atoms with Gasteiger partial charge >= 0.3 is 5.97 Å². The van der Waals surface area contributed by atoms with E-state index in [4.69, 9.17) is 4.74 Å². The largest absolute Gasteiger partial charge is 0.465 e. The van der Waals surface area contributed by atoms with Crippen molar-refractivity contribution in [1.29, 1.82) is 0 Å². The summed E-state index contributed by atoms with van der Waals surface area (Å²) in [5, 5.41) is 3.10. The number of fused-ring (bicyclic) bond motifs is 1. The molecule has 0 spiro atoms. The third-order valence-corrected chi connectivity index (χ3v) is 5.36. The van der Waals surface area contributed by atoms with E-state index < -0.39 is 5.97 Å². The number of nitrogens with zero attached hydrogens (tertiary/aromatic N) is 1. The number of hydrogen-bond acceptors (Lipinski definition) is 6. The number of hydrogen-bond donors (Lipinski definition) is 1. The van der Waals surface area contributed by atoms with Crippen LogP contribution in [0.25, 0.3) is 0 Å². The smallest absolute Gasteiger partial charge is 0.339 e. The summed E-state index contributed by atoms with van der Waals surface area (Å²) in [6.45, 7) is 1.45. The molecule has 0 radical (unpaired) electrons. The SMILES string of the molecule is COC(=O)c1ccccc1NC1=C(N2CCCCC2)C(=O)c2ccccc2C1=O. The molecule has 1 N–H and O–H groups in total. The Hall–Kier alpha value is -3.41. The van der Waals surface area contributed by atoms with Gasteiger partial charge in [-0.2, -0.15) is 0 Å². The van der Waals surface area contributed by atoms with Gasteiger partial charge in [0.05, 0.1) is 18.4 Å². The van der Waals surface area contributed by atoms with Crippen molar-refractivity contribution in [2.75, 3.05) is 25.5 Å². The molecular weight excluding hydrogens is 368 g/mol. The summed E-state index contributed by atoms with van der Waals surface area (Å²) in [4.78, 5) is 40.9. The van der Waals surface area contributed by atoms with Crippen molar-refractivity contribution in [3.63, 3.8) is 0 Å². The van der Waals surface area contributed by atoms with E-state index in [-0.39, 0.29) is 17.3 Å². The molecule has 1 aliphatic heterocycles. The van der Waals surface area contributed by atoms with E-state index in [1.54, 1.807) is 48.5 Å². The number of rotatable bonds is 4. The van der Waals surface area contributed by atoms with Gasteiger partial charge in [0.25, 0.3) is 0 Å². The first-order chi connectivity index (χ1) is 14.1. The van der Waals surface area contributed by atoms with Gasteiger partial charge in [-0.3, -0.25) is 9.59 Å². The zero-order valence-electron chi connectivity index (χ0n) is 16.2. The third-order valence-electron chi connectivity index (χ3n) is 5.36. The number of piperidine rings is 1. The minimum atomic E-state index is -0.511. The average Bonchev–Trinajstić information content (AvgIpc) is 2.78. The Balaban J connectivity index is 1.84. The molecule has 0 aromatic heterocycles. The van der Waals surface area contributed by atoms with Gasteiger partial charge in [0.2, 0.25) is 11.6 Å². The topological polar surface area (TPSA) is 75.7 Å². The number of para-hydroxylation sites is 1. The number of nitrogens with one attached hydrogen (secondary N) is 1. The first-order valence-corrected chi connectivity index (χ1v) is 9.74. The summed E-state index contributed by atoms with van der Waals surface area (Å²) in [5.74, 6) is -0.927. The Morgan fingerprint density at radius 3 is 2.21 bits per heavy atom. The molecule has 6 heteroatoms. The summed E-state index contributed by atoms with van der Waals surface area (Å²) in [6, 6.07) is 13.7. The molecule has 4 rings (SSSR count). The van der Waals surface area contributed by atoms with E-state index in [1.807, 2.05) is 4.90 Å². The molecule has 0 saturated carbocycles. The van der Waals surface area contributed by atoms with Gasteiger partial charge in [-0.05, 0) is 31.4 Å². The molecule has 1 saturated heterocycles. The number of likely N-dealkylation sites (tertiary alicyclic amines) is 1. The van der Waals surface area contributed by atoms with Crippen LogP contribution in [-0.4, -0.2) is 42.6 Å². The van der Waals surface area contributed by atoms with Crippen LogP contribution in [0.2, 0.25) is 0 Å². The van der Waals surface area contributed by atoms with Gasteiger partial charge in [-0.1, -0.05) is 36.4 Å². The molecule has 148 valence electrons. The monoisotopic (exact) mass is 390 g/mol. The molecule has 1 aliphatic carbocycles. The molecule has 1 fully saturated rings. The Kier molecular flexibility index (Phi) is 5.16. The van der Waals surface area contributed by atoms with Crippen molar-refractivity contribution >= 4 is 23.2 Å². The Bertz CT molecular complexity index is 1020. The fourth-order valence-corrected chi connectivity index (χ4v) is 3.91. The minimum absolute atomic E-state index is 0.167. The summed E-state index contributed by atoms with van der Waals surface area (Å²) in [5.41, 5.74) is 2.13. The van der Waals surface area contributed by atoms with Crippen LogP contribution in [0.1, 0.15) is 50.3 Å². The highest BCUT2D eigenvalue weighted by Gasteiger charge is 2.36. The maximum atomic E-state index is 13.4. The Labute approximate surface area is 169 Å². The second-order valence-corrected chi connectivity index (χ2v) is 7.14. The number of ketones is 2. The summed E-state index contributed by atoms with van der Waals surface area (Å²) in [6.07, 6.45) is 3.05. The molecule has 2 aromatic carbocycles. The number of ether oxygens (including phenoxy) is 1. The van der Waals surface area contributed by atoms with Crippen molar-refractivity contribution in [3.8, 4) is 0 Å². The molecule has 0 atom stereocenters. The highest BCUT2D eigenvalue weighted by Crippen LogP contribution is 2.31. The fraction of sp³-hybridized carbons (Fsp3) is 0.261. The lowest BCUT2D eigenvalue weighted by atomic mass is 9.88. The van der Waals surface area contributed by atoms with Gasteiger partial charge in [0.15, 0.2) is 0 Å². The standard InChI is InChI=1S/C23H22N2O4/c1-29-23(28)17-11-5-6-12-18(17)24-19-20(25-13-7-2-8-14-25)22(27)16-10-4-3-9-15(16)21(19)26/h3-6,9-12,24H,2,7-8,13-14H2,1H3. The van der Waals surface area contributed by atoms with E-state index in [2.05, 4.69) is 5.32 Å². The van der Waals surface area contributed by atoms with Crippen molar-refractivity contribution in [1.82, 2.24) is 4.90 Å². The lowest BCUT2D eigenvalue weighted by Crippen LogP contribution is -2.39. The maximum absolute atomic E-state index is 13.4. The molecule has 0 amide bonds. The van der Waals surface area contributed by atoms with Crippen LogP contribution in [0, 0.1) is 0 Å². The van der Waals surface area contributed by atoms with Crippen molar-refractivity contribution in [2.24, 2.45) is 0 Å². The number of Topliss-reactive ketones (excluding diaryl/α,β-unsaturated/α-hetero) is 2. The molecule has 2 aliphatic rings. The molecule has 29 heavy (non-hydrogen) atoms. The zero-order valence-corrected chi connectivity index (χ0v) is 16.2. The average molecular weight is 390 g/mol. The lowest BCUT2D eigenvalue weighted by molar-refractivity contribution is 0.0601. The predicted molar refractivity (Wildman–Crippen MR) is 109 cm³/mol. The maximum Gasteiger partial charge on any atom is 0.339 e. The fourth-order valence-electron chi connectivity index (χ4n) is 3.91. The third kappa shape index (κ3) is 3.42. The van der Waals surface area contributed by atoms with Gasteiger partial charge in [0.1, 0.15) is 11.4 Å². The Morgan fingerprint density at radius 2 is 1.52 bits per heavy atom. The number of carbonyl (C=O) groups excluding carboxylic acids is 3. The molecule has 0 bridgehead atoms. The van der Waals surface area contributed by atoms with E-state index in [0.717, 1.165) is 32.4 Å². The van der Waals surface area contributed by atoms with Crippen molar-refractivity contribution in [3.05, 3.63) is 76.6 Å². The minimum Gasteiger partial charge on any atom is -0.465 e. The predicted octanol–water partition coefficient (Wildman–Crippen LogP) is 3.66. The van der Waals surface area contributed by atoms with Crippen LogP contribution in [0.4, 0.5) is 5.69 Å². The van der Waals surface area contributed by atoms with Gasteiger partial charge in [-0.25, -0.2) is 4.79 Å². The second kappa shape index (κ2) is 7.91. The molecule has 6 nitrogen and oxygen atoms in total. The molecule has 1 heterocycles. The highest BCUT2D eigenvalue weighted by molar-refractivity contribution is 6.27. The quantitative estimate of drug-likeness (QED) is 0.803. The zero-order chi connectivity index (χ0) is 20.4. The van der Waals surface area contributed by atoms with Crippen molar-refractivity contribution in [2.45, 2.75) is 19.3 Å². The number of carbonyl (C=O) groups is 3. The number of methoxy groups -OCH3 is 1. The van der Waals surface area contributed by atoms with Gasteiger partial charge in [0, 0.05) is 24.2 Å². The van der Waals surface area contributed by atoms with Crippen LogP contribution in [-0.2, 0) is 4.74 Å². The Morgan fingerprint density at radius 1 is 0.897 bits per heavy atom. The molecule has 0 unspecified atom stereocenters. The van der Waals surface area contributed by atoms with Crippen LogP contribution in [0.15, 0.2) is 59.9 Å². The molecular formula is C23H22N2O4. The summed E-state index contributed by atoms with van der Waals surface area (Å²) in [7, 11) is 1.31. The van der Waals surface area contributed by atoms with Crippen LogP contribution >= 0.6 is 0 Å².